The van der Waals surface area contributed by atoms with E-state index in [1.165, 1.54) is 0 Å². The van der Waals surface area contributed by atoms with Crippen LogP contribution >= 0.6 is 0 Å². The van der Waals surface area contributed by atoms with Gasteiger partial charge in [0.2, 0.25) is 0 Å². The van der Waals surface area contributed by atoms with E-state index in [9.17, 15) is 4.79 Å². The predicted molar refractivity (Wildman–Crippen MR) is 55.7 cm³/mol. The van der Waals surface area contributed by atoms with Crippen LogP contribution in [-0.2, 0) is 9.53 Å². The molecule has 0 aromatic heterocycles. The molecule has 4 heteroatoms. The van der Waals surface area contributed by atoms with Crippen LogP contribution in [-0.4, -0.2) is 36.4 Å². The minimum atomic E-state index is -0.653. The van der Waals surface area contributed by atoms with Gasteiger partial charge in [-0.15, -0.1) is 0 Å². The molecule has 4 nitrogen and oxygen atoms in total. The van der Waals surface area contributed by atoms with E-state index in [4.69, 9.17) is 9.84 Å². The number of hydrogen-bond donors (Lipinski definition) is 2. The molecule has 2 N–H and O–H groups in total. The first-order valence-electron chi connectivity index (χ1n) is 5.72. The number of carbonyl (C=O) groups is 1. The maximum Gasteiger partial charge on any atom is 0.308 e. The van der Waals surface area contributed by atoms with Crippen molar-refractivity contribution < 1.29 is 14.6 Å². The van der Waals surface area contributed by atoms with Gasteiger partial charge in [-0.2, -0.15) is 0 Å². The topological polar surface area (TPSA) is 58.6 Å². The van der Waals surface area contributed by atoms with Gasteiger partial charge in [-0.05, 0) is 32.1 Å². The van der Waals surface area contributed by atoms with Crippen molar-refractivity contribution in [3.63, 3.8) is 0 Å². The van der Waals surface area contributed by atoms with E-state index in [0.29, 0.717) is 12.1 Å². The van der Waals surface area contributed by atoms with Crippen LogP contribution in [0.15, 0.2) is 0 Å². The van der Waals surface area contributed by atoms with E-state index < -0.39 is 5.97 Å². The molecule has 86 valence electrons. The predicted octanol–water partition coefficient (Wildman–Crippen LogP) is 1.01. The molecule has 0 radical (unpaired) electrons. The van der Waals surface area contributed by atoms with Gasteiger partial charge in [0, 0.05) is 19.2 Å². The molecule has 0 saturated heterocycles. The number of ether oxygens (including phenoxy) is 1. The van der Waals surface area contributed by atoms with Crippen LogP contribution < -0.4 is 5.32 Å². The lowest BCUT2D eigenvalue weighted by Gasteiger charge is -2.36. The Morgan fingerprint density at radius 3 is 2.60 bits per heavy atom. The number of carboxylic acid groups (broad SMARTS) is 1. The van der Waals surface area contributed by atoms with Crippen LogP contribution in [0, 0.1) is 5.92 Å². The molecule has 2 saturated carbocycles. The standard InChI is InChI=1S/C11H19NO3/c1-15-8-3-2-7(6-8)12-10-5-4-9(10)11(13)14/h7-10,12H,2-6H2,1H3,(H,13,14). The summed E-state index contributed by atoms with van der Waals surface area (Å²) in [7, 11) is 1.75. The fourth-order valence-electron chi connectivity index (χ4n) is 2.60. The Kier molecular flexibility index (Phi) is 3.26. The average Bonchev–Trinajstić information content (AvgIpc) is 2.59. The van der Waals surface area contributed by atoms with Gasteiger partial charge in [-0.3, -0.25) is 4.79 Å². The van der Waals surface area contributed by atoms with Gasteiger partial charge in [-0.25, -0.2) is 0 Å². The molecular formula is C11H19NO3. The number of hydrogen-bond acceptors (Lipinski definition) is 3. The van der Waals surface area contributed by atoms with Gasteiger partial charge in [0.05, 0.1) is 12.0 Å². The minimum Gasteiger partial charge on any atom is -0.481 e. The molecule has 2 rings (SSSR count). The number of carboxylic acids is 1. The minimum absolute atomic E-state index is 0.161. The van der Waals surface area contributed by atoms with Gasteiger partial charge in [0.25, 0.3) is 0 Å². The molecule has 0 amide bonds. The van der Waals surface area contributed by atoms with Crippen molar-refractivity contribution in [2.24, 2.45) is 5.92 Å². The summed E-state index contributed by atoms with van der Waals surface area (Å²) < 4.78 is 5.29. The Morgan fingerprint density at radius 2 is 2.13 bits per heavy atom. The summed E-state index contributed by atoms with van der Waals surface area (Å²) in [6.07, 6.45) is 5.43. The van der Waals surface area contributed by atoms with Crippen molar-refractivity contribution in [1.82, 2.24) is 5.32 Å². The fourth-order valence-corrected chi connectivity index (χ4v) is 2.60. The van der Waals surface area contributed by atoms with Crippen LogP contribution in [0.1, 0.15) is 32.1 Å². The molecule has 2 fully saturated rings. The van der Waals surface area contributed by atoms with E-state index in [2.05, 4.69) is 5.32 Å². The monoisotopic (exact) mass is 213 g/mol. The Morgan fingerprint density at radius 1 is 1.33 bits per heavy atom. The Hall–Kier alpha value is -0.610. The molecule has 0 bridgehead atoms. The lowest BCUT2D eigenvalue weighted by Crippen LogP contribution is -2.50. The second-order valence-electron chi connectivity index (χ2n) is 4.66. The molecule has 0 heterocycles. The van der Waals surface area contributed by atoms with Crippen molar-refractivity contribution in [3.05, 3.63) is 0 Å². The summed E-state index contributed by atoms with van der Waals surface area (Å²) in [5.41, 5.74) is 0. The molecule has 2 aliphatic rings. The van der Waals surface area contributed by atoms with Gasteiger partial charge >= 0.3 is 5.97 Å². The molecule has 0 aromatic rings. The van der Waals surface area contributed by atoms with Crippen molar-refractivity contribution in [2.45, 2.75) is 50.3 Å². The maximum absolute atomic E-state index is 10.8. The highest BCUT2D eigenvalue weighted by molar-refractivity contribution is 5.72. The number of methoxy groups -OCH3 is 1. The van der Waals surface area contributed by atoms with Gasteiger partial charge in [0.15, 0.2) is 0 Å². The van der Waals surface area contributed by atoms with Crippen LogP contribution in [0.3, 0.4) is 0 Å². The van der Waals surface area contributed by atoms with Gasteiger partial charge in [-0.1, -0.05) is 0 Å². The average molecular weight is 213 g/mol. The highest BCUT2D eigenvalue weighted by atomic mass is 16.5. The third-order valence-corrected chi connectivity index (χ3v) is 3.76. The molecule has 2 aliphatic carbocycles. The van der Waals surface area contributed by atoms with Gasteiger partial charge < -0.3 is 15.2 Å². The quantitative estimate of drug-likeness (QED) is 0.731. The third-order valence-electron chi connectivity index (χ3n) is 3.76. The first-order chi connectivity index (χ1) is 7.20. The first-order valence-corrected chi connectivity index (χ1v) is 5.72. The summed E-state index contributed by atoms with van der Waals surface area (Å²) >= 11 is 0. The molecular weight excluding hydrogens is 194 g/mol. The summed E-state index contributed by atoms with van der Waals surface area (Å²) in [5.74, 6) is -0.813. The Balaban J connectivity index is 1.76. The lowest BCUT2D eigenvalue weighted by molar-refractivity contribution is -0.146. The van der Waals surface area contributed by atoms with E-state index in [0.717, 1.165) is 32.1 Å². The van der Waals surface area contributed by atoms with E-state index in [1.807, 2.05) is 0 Å². The Labute approximate surface area is 90.0 Å². The summed E-state index contributed by atoms with van der Waals surface area (Å²) in [5, 5.41) is 12.4. The fraction of sp³-hybridized carbons (Fsp3) is 0.909. The van der Waals surface area contributed by atoms with Crippen molar-refractivity contribution in [2.75, 3.05) is 7.11 Å². The number of rotatable bonds is 4. The third kappa shape index (κ3) is 2.32. The largest absolute Gasteiger partial charge is 0.481 e. The van der Waals surface area contributed by atoms with E-state index >= 15 is 0 Å². The molecule has 0 aliphatic heterocycles. The molecule has 15 heavy (non-hydrogen) atoms. The van der Waals surface area contributed by atoms with E-state index in [1.54, 1.807) is 7.11 Å². The van der Waals surface area contributed by atoms with Crippen LogP contribution in [0.4, 0.5) is 0 Å². The highest BCUT2D eigenvalue weighted by Crippen LogP contribution is 2.30. The van der Waals surface area contributed by atoms with Crippen molar-refractivity contribution in [1.29, 1.82) is 0 Å². The van der Waals surface area contributed by atoms with Crippen molar-refractivity contribution >= 4 is 5.97 Å². The number of aliphatic carboxylic acids is 1. The normalized spacial score (nSPS) is 40.1. The lowest BCUT2D eigenvalue weighted by atomic mass is 9.79. The zero-order chi connectivity index (χ0) is 10.8. The van der Waals surface area contributed by atoms with Crippen molar-refractivity contribution in [3.8, 4) is 0 Å². The molecule has 0 spiro atoms. The second kappa shape index (κ2) is 4.49. The zero-order valence-corrected chi connectivity index (χ0v) is 9.11. The Bertz CT molecular complexity index is 244. The SMILES string of the molecule is COC1CCC(NC2CCC2C(=O)O)C1. The zero-order valence-electron chi connectivity index (χ0n) is 9.11. The highest BCUT2D eigenvalue weighted by Gasteiger charge is 2.38. The van der Waals surface area contributed by atoms with E-state index in [-0.39, 0.29) is 12.0 Å². The number of nitrogens with one attached hydrogen (secondary N) is 1. The first kappa shape index (κ1) is 10.9. The van der Waals surface area contributed by atoms with Crippen LogP contribution in [0.2, 0.25) is 0 Å². The summed E-state index contributed by atoms with van der Waals surface area (Å²) in [4.78, 5) is 10.8. The smallest absolute Gasteiger partial charge is 0.308 e. The molecule has 4 atom stereocenters. The maximum atomic E-state index is 10.8. The molecule has 4 unspecified atom stereocenters. The van der Waals surface area contributed by atoms with Gasteiger partial charge in [0.1, 0.15) is 0 Å². The van der Waals surface area contributed by atoms with Crippen LogP contribution in [0.25, 0.3) is 0 Å². The summed E-state index contributed by atoms with van der Waals surface area (Å²) in [6.45, 7) is 0. The summed E-state index contributed by atoms with van der Waals surface area (Å²) in [6, 6.07) is 0.658. The van der Waals surface area contributed by atoms with Crippen LogP contribution in [0.5, 0.6) is 0 Å². The molecule has 0 aromatic carbocycles. The second-order valence-corrected chi connectivity index (χ2v) is 4.66.